The molecule has 0 N–H and O–H groups in total. The largest absolute Gasteiger partial charge is 0.352 e. The second-order valence-corrected chi connectivity index (χ2v) is 7.71. The molecule has 1 fully saturated rings. The number of hydrogen-bond acceptors (Lipinski definition) is 6. The Kier molecular flexibility index (Phi) is 5.07. The molecule has 7 nitrogen and oxygen atoms in total. The van der Waals surface area contributed by atoms with Gasteiger partial charge in [0.1, 0.15) is 11.5 Å². The van der Waals surface area contributed by atoms with Crippen LogP contribution in [0.4, 0.5) is 5.82 Å². The number of amides is 1. The summed E-state index contributed by atoms with van der Waals surface area (Å²) in [7, 11) is 3.69. The van der Waals surface area contributed by atoms with Gasteiger partial charge in [-0.05, 0) is 37.8 Å². The highest BCUT2D eigenvalue weighted by molar-refractivity contribution is 5.90. The Balaban J connectivity index is 1.54. The van der Waals surface area contributed by atoms with Crippen molar-refractivity contribution >= 4 is 17.5 Å². The lowest BCUT2D eigenvalue weighted by Crippen LogP contribution is -2.30. The molecule has 2 aromatic heterocycles. The first-order valence-corrected chi connectivity index (χ1v) is 9.82. The summed E-state index contributed by atoms with van der Waals surface area (Å²) < 4.78 is 0. The average molecular weight is 379 g/mol. The maximum atomic E-state index is 12.6. The summed E-state index contributed by atoms with van der Waals surface area (Å²) in [6.07, 6.45) is 5.69. The first-order valence-electron chi connectivity index (χ1n) is 9.82. The summed E-state index contributed by atoms with van der Waals surface area (Å²) in [4.78, 5) is 42.1. The SMILES string of the molecule is CN1CCC(CC(=O)CN(C)c2nc(-c3ccccn3)nc3c2CCC3)C1=O. The van der Waals surface area contributed by atoms with E-state index in [9.17, 15) is 9.59 Å². The smallest absolute Gasteiger partial charge is 0.225 e. The van der Waals surface area contributed by atoms with E-state index in [0.29, 0.717) is 12.2 Å². The molecule has 1 amide bonds. The number of ketones is 1. The zero-order valence-corrected chi connectivity index (χ0v) is 16.4. The van der Waals surface area contributed by atoms with E-state index in [1.165, 1.54) is 0 Å². The van der Waals surface area contributed by atoms with Gasteiger partial charge < -0.3 is 9.80 Å². The molecule has 7 heteroatoms. The monoisotopic (exact) mass is 379 g/mol. The number of pyridine rings is 1. The zero-order valence-electron chi connectivity index (χ0n) is 16.4. The quantitative estimate of drug-likeness (QED) is 0.763. The van der Waals surface area contributed by atoms with Gasteiger partial charge >= 0.3 is 0 Å². The number of nitrogens with zero attached hydrogens (tertiary/aromatic N) is 5. The van der Waals surface area contributed by atoms with Gasteiger partial charge in [0.25, 0.3) is 0 Å². The summed E-state index contributed by atoms with van der Waals surface area (Å²) in [5.41, 5.74) is 2.92. The van der Waals surface area contributed by atoms with Crippen molar-refractivity contribution in [3.63, 3.8) is 0 Å². The van der Waals surface area contributed by atoms with Crippen LogP contribution in [0, 0.1) is 5.92 Å². The summed E-state index contributed by atoms with van der Waals surface area (Å²) >= 11 is 0. The number of likely N-dealkylation sites (tertiary alicyclic amines) is 1. The highest BCUT2D eigenvalue weighted by Gasteiger charge is 2.31. The fraction of sp³-hybridized carbons (Fsp3) is 0.476. The van der Waals surface area contributed by atoms with Crippen molar-refractivity contribution in [1.82, 2.24) is 19.9 Å². The number of hydrogen-bond donors (Lipinski definition) is 0. The molecule has 1 saturated heterocycles. The van der Waals surface area contributed by atoms with E-state index >= 15 is 0 Å². The number of carbonyl (C=O) groups is 2. The van der Waals surface area contributed by atoms with E-state index in [4.69, 9.17) is 9.97 Å². The van der Waals surface area contributed by atoms with Gasteiger partial charge in [-0.3, -0.25) is 14.6 Å². The predicted octanol–water partition coefficient (Wildman–Crippen LogP) is 1.90. The Morgan fingerprint density at radius 3 is 2.86 bits per heavy atom. The standard InChI is InChI=1S/C21H25N5O2/c1-25-11-9-14(21(25)28)12-15(27)13-26(2)20-16-6-5-8-17(16)23-19(24-20)18-7-3-4-10-22-18/h3-4,7,10,14H,5-6,8-9,11-13H2,1-2H3. The van der Waals surface area contributed by atoms with Crippen LogP contribution >= 0.6 is 0 Å². The molecule has 146 valence electrons. The minimum atomic E-state index is -0.175. The van der Waals surface area contributed by atoms with Gasteiger partial charge in [-0.1, -0.05) is 6.07 Å². The van der Waals surface area contributed by atoms with E-state index < -0.39 is 0 Å². The second kappa shape index (κ2) is 7.66. The van der Waals surface area contributed by atoms with E-state index in [2.05, 4.69) is 4.98 Å². The van der Waals surface area contributed by atoms with Crippen LogP contribution in [-0.4, -0.2) is 58.7 Å². The van der Waals surface area contributed by atoms with Crippen molar-refractivity contribution < 1.29 is 9.59 Å². The third-order valence-corrected chi connectivity index (χ3v) is 5.59. The van der Waals surface area contributed by atoms with Crippen molar-refractivity contribution in [2.45, 2.75) is 32.1 Å². The molecule has 2 aromatic rings. The molecule has 28 heavy (non-hydrogen) atoms. The van der Waals surface area contributed by atoms with Gasteiger partial charge in [-0.2, -0.15) is 0 Å². The van der Waals surface area contributed by atoms with E-state index in [0.717, 1.165) is 55.0 Å². The zero-order chi connectivity index (χ0) is 19.7. The van der Waals surface area contributed by atoms with Crippen LogP contribution in [0.2, 0.25) is 0 Å². The molecule has 0 saturated carbocycles. The lowest BCUT2D eigenvalue weighted by Gasteiger charge is -2.21. The van der Waals surface area contributed by atoms with Gasteiger partial charge in [0.15, 0.2) is 11.6 Å². The number of Topliss-reactive ketones (excluding diaryl/α,β-unsaturated/α-hetero) is 1. The van der Waals surface area contributed by atoms with E-state index in [1.807, 2.05) is 30.1 Å². The summed E-state index contributed by atoms with van der Waals surface area (Å²) in [6, 6.07) is 5.68. The third-order valence-electron chi connectivity index (χ3n) is 5.59. The minimum absolute atomic E-state index is 0.0703. The van der Waals surface area contributed by atoms with Crippen molar-refractivity contribution in [2.75, 3.05) is 32.1 Å². The van der Waals surface area contributed by atoms with Crippen molar-refractivity contribution in [3.05, 3.63) is 35.7 Å². The van der Waals surface area contributed by atoms with Crippen molar-refractivity contribution in [3.8, 4) is 11.5 Å². The Labute approximate surface area is 164 Å². The lowest BCUT2D eigenvalue weighted by atomic mass is 10.0. The first kappa shape index (κ1) is 18.5. The first-order chi connectivity index (χ1) is 13.5. The van der Waals surface area contributed by atoms with Crippen LogP contribution in [0.15, 0.2) is 24.4 Å². The number of anilines is 1. The predicted molar refractivity (Wildman–Crippen MR) is 106 cm³/mol. The molecule has 0 bridgehead atoms. The number of aromatic nitrogens is 3. The van der Waals surface area contributed by atoms with E-state index in [-0.39, 0.29) is 24.2 Å². The maximum Gasteiger partial charge on any atom is 0.225 e. The third kappa shape index (κ3) is 3.61. The van der Waals surface area contributed by atoms with Crippen LogP contribution < -0.4 is 4.90 Å². The molecular weight excluding hydrogens is 354 g/mol. The molecule has 1 atom stereocenters. The summed E-state index contributed by atoms with van der Waals surface area (Å²) in [5, 5.41) is 0. The van der Waals surface area contributed by atoms with Crippen LogP contribution in [-0.2, 0) is 22.4 Å². The second-order valence-electron chi connectivity index (χ2n) is 7.71. The lowest BCUT2D eigenvalue weighted by molar-refractivity contribution is -0.132. The Bertz CT molecular complexity index is 899. The fourth-order valence-corrected chi connectivity index (χ4v) is 4.10. The summed E-state index contributed by atoms with van der Waals surface area (Å²) in [5.74, 6) is 1.39. The van der Waals surface area contributed by atoms with E-state index in [1.54, 1.807) is 18.1 Å². The number of fused-ring (bicyclic) bond motifs is 1. The van der Waals surface area contributed by atoms with Crippen molar-refractivity contribution in [2.24, 2.45) is 5.92 Å². The number of rotatable bonds is 6. The van der Waals surface area contributed by atoms with Gasteiger partial charge in [0.05, 0.1) is 6.54 Å². The molecule has 3 heterocycles. The summed E-state index contributed by atoms with van der Waals surface area (Å²) in [6.45, 7) is 0.984. The molecule has 1 unspecified atom stereocenters. The molecule has 4 rings (SSSR count). The maximum absolute atomic E-state index is 12.6. The van der Waals surface area contributed by atoms with Gasteiger partial charge in [0, 0.05) is 50.4 Å². The van der Waals surface area contributed by atoms with Crippen LogP contribution in [0.1, 0.15) is 30.5 Å². The molecule has 1 aliphatic heterocycles. The van der Waals surface area contributed by atoms with Crippen LogP contribution in [0.3, 0.4) is 0 Å². The van der Waals surface area contributed by atoms with Gasteiger partial charge in [-0.15, -0.1) is 0 Å². The Hall–Kier alpha value is -2.83. The molecule has 0 radical (unpaired) electrons. The average Bonchev–Trinajstić information content (AvgIpc) is 3.29. The van der Waals surface area contributed by atoms with Crippen molar-refractivity contribution in [1.29, 1.82) is 0 Å². The topological polar surface area (TPSA) is 79.3 Å². The highest BCUT2D eigenvalue weighted by atomic mass is 16.2. The Morgan fingerprint density at radius 2 is 2.14 bits per heavy atom. The minimum Gasteiger partial charge on any atom is -0.352 e. The number of likely N-dealkylation sites (N-methyl/N-ethyl adjacent to an activating group) is 1. The van der Waals surface area contributed by atoms with Crippen LogP contribution in [0.5, 0.6) is 0 Å². The Morgan fingerprint density at radius 1 is 1.29 bits per heavy atom. The fourth-order valence-electron chi connectivity index (χ4n) is 4.10. The molecule has 0 spiro atoms. The van der Waals surface area contributed by atoms with Gasteiger partial charge in [-0.25, -0.2) is 9.97 Å². The normalized spacial score (nSPS) is 18.4. The molecule has 2 aliphatic rings. The van der Waals surface area contributed by atoms with Crippen LogP contribution in [0.25, 0.3) is 11.5 Å². The number of carbonyl (C=O) groups excluding carboxylic acids is 2. The molecular formula is C21H25N5O2. The molecule has 1 aliphatic carbocycles. The highest BCUT2D eigenvalue weighted by Crippen LogP contribution is 2.30. The number of aryl methyl sites for hydroxylation is 1. The molecule has 0 aromatic carbocycles. The van der Waals surface area contributed by atoms with Gasteiger partial charge in [0.2, 0.25) is 5.91 Å².